The van der Waals surface area contributed by atoms with Crippen LogP contribution in [0.25, 0.3) is 0 Å². The summed E-state index contributed by atoms with van der Waals surface area (Å²) in [5.41, 5.74) is 0. The fraction of sp³-hybridized carbons (Fsp3) is 0.929. The number of carbonyl (C=O) groups is 4. The first-order valence-corrected chi connectivity index (χ1v) is 32.6. The fourth-order valence-corrected chi connectivity index (χ4v) is 9.75. The number of ether oxygens (including phenoxy) is 4. The molecule has 0 aliphatic carbocycles. The smallest absolute Gasteiger partial charge is 0.462 e. The summed E-state index contributed by atoms with van der Waals surface area (Å²) >= 11 is 0. The molecule has 0 aromatic rings. The zero-order valence-corrected chi connectivity index (χ0v) is 49.5. The van der Waals surface area contributed by atoms with E-state index < -0.39 is 97.5 Å². The Morgan fingerprint density at radius 3 is 0.907 bits per heavy atom. The van der Waals surface area contributed by atoms with Gasteiger partial charge in [-0.15, -0.1) is 0 Å². The van der Waals surface area contributed by atoms with Crippen molar-refractivity contribution in [2.24, 2.45) is 5.92 Å². The normalized spacial score (nSPS) is 14.5. The molecule has 0 fully saturated rings. The van der Waals surface area contributed by atoms with E-state index in [-0.39, 0.29) is 25.7 Å². The molecule has 3 N–H and O–H groups in total. The maximum Gasteiger partial charge on any atom is 0.472 e. The van der Waals surface area contributed by atoms with Gasteiger partial charge in [-0.3, -0.25) is 37.3 Å². The second kappa shape index (κ2) is 50.3. The molecule has 75 heavy (non-hydrogen) atoms. The molecule has 2 unspecified atom stereocenters. The van der Waals surface area contributed by atoms with E-state index in [2.05, 4.69) is 34.6 Å². The van der Waals surface area contributed by atoms with Gasteiger partial charge in [0.1, 0.15) is 19.3 Å². The zero-order chi connectivity index (χ0) is 55.7. The van der Waals surface area contributed by atoms with Gasteiger partial charge in [0, 0.05) is 25.7 Å². The van der Waals surface area contributed by atoms with Crippen LogP contribution in [0.15, 0.2) is 0 Å². The summed E-state index contributed by atoms with van der Waals surface area (Å²) < 4.78 is 67.4. The molecule has 0 saturated heterocycles. The number of aliphatic hydroxyl groups is 1. The van der Waals surface area contributed by atoms with Crippen LogP contribution in [0.3, 0.4) is 0 Å². The Kier molecular flexibility index (Phi) is 49.0. The number of rotatable bonds is 56. The van der Waals surface area contributed by atoms with E-state index in [1.165, 1.54) is 70.6 Å². The number of hydrogen-bond acceptors (Lipinski definition) is 15. The molecular weight excluding hydrogens is 1010 g/mol. The first-order chi connectivity index (χ1) is 36.0. The highest BCUT2D eigenvalue weighted by Gasteiger charge is 2.30. The molecule has 0 aliphatic heterocycles. The van der Waals surface area contributed by atoms with Crippen LogP contribution in [0.5, 0.6) is 0 Å². The lowest BCUT2D eigenvalue weighted by Gasteiger charge is -2.21. The van der Waals surface area contributed by atoms with Crippen molar-refractivity contribution in [3.63, 3.8) is 0 Å². The lowest BCUT2D eigenvalue weighted by atomic mass is 10.0. The van der Waals surface area contributed by atoms with Gasteiger partial charge >= 0.3 is 39.5 Å². The number of phosphoric ester groups is 2. The Hall–Kier alpha value is -1.94. The van der Waals surface area contributed by atoms with Crippen LogP contribution in [0, 0.1) is 5.92 Å². The molecule has 0 saturated carbocycles. The van der Waals surface area contributed by atoms with Crippen molar-refractivity contribution in [1.82, 2.24) is 0 Å². The molecule has 0 aromatic carbocycles. The van der Waals surface area contributed by atoms with Crippen molar-refractivity contribution in [3.05, 3.63) is 0 Å². The minimum absolute atomic E-state index is 0.103. The molecule has 444 valence electrons. The second-order valence-electron chi connectivity index (χ2n) is 20.8. The maximum atomic E-state index is 12.9. The summed E-state index contributed by atoms with van der Waals surface area (Å²) in [6, 6.07) is 0. The molecule has 0 heterocycles. The molecular formula is C56H108O17P2. The third-order valence-electron chi connectivity index (χ3n) is 12.8. The average Bonchev–Trinajstić information content (AvgIpc) is 3.37. The Bertz CT molecular complexity index is 1480. The Morgan fingerprint density at radius 1 is 0.360 bits per heavy atom. The van der Waals surface area contributed by atoms with E-state index in [1.54, 1.807) is 0 Å². The van der Waals surface area contributed by atoms with Gasteiger partial charge in [-0.25, -0.2) is 9.13 Å². The van der Waals surface area contributed by atoms with Gasteiger partial charge < -0.3 is 33.8 Å². The molecule has 0 rings (SSSR count). The zero-order valence-electron chi connectivity index (χ0n) is 47.7. The molecule has 0 aromatic heterocycles. The number of unbranched alkanes of at least 4 members (excludes halogenated alkanes) is 28. The first-order valence-electron chi connectivity index (χ1n) is 29.6. The van der Waals surface area contributed by atoms with Gasteiger partial charge in [0.05, 0.1) is 26.4 Å². The highest BCUT2D eigenvalue weighted by Crippen LogP contribution is 2.45. The predicted octanol–water partition coefficient (Wildman–Crippen LogP) is 14.7. The summed E-state index contributed by atoms with van der Waals surface area (Å²) in [7, 11) is -9.86. The van der Waals surface area contributed by atoms with Crippen molar-refractivity contribution < 1.29 is 80.2 Å². The number of aliphatic hydroxyl groups excluding tert-OH is 1. The molecule has 5 atom stereocenters. The van der Waals surface area contributed by atoms with Gasteiger partial charge in [0.2, 0.25) is 0 Å². The molecule has 0 amide bonds. The Labute approximate surface area is 454 Å². The van der Waals surface area contributed by atoms with Crippen LogP contribution >= 0.6 is 15.6 Å². The Morgan fingerprint density at radius 2 is 0.613 bits per heavy atom. The molecule has 0 bridgehead atoms. The average molecular weight is 1120 g/mol. The van der Waals surface area contributed by atoms with E-state index in [1.807, 2.05) is 0 Å². The number of carbonyl (C=O) groups excluding carboxylic acids is 4. The standard InChI is InChI=1S/C56H108O17P2/c1-6-9-12-15-18-20-26-30-35-40-54(59)67-46-52(73-56(61)42-37-32-27-22-19-21-25-28-33-38-49(4)5)48-71-75(64,65)69-44-50(57)43-68-74(62,63)70-47-51(72-55(60)41-36-31-24-17-14-11-8-3)45-66-53(58)39-34-29-23-16-13-10-7-2/h49-52,57H,6-48H2,1-5H3,(H,62,63)(H,64,65)/t50-,51+,52+/m0/s1. The molecule has 17 nitrogen and oxygen atoms in total. The van der Waals surface area contributed by atoms with Gasteiger partial charge in [-0.1, -0.05) is 221 Å². The van der Waals surface area contributed by atoms with Crippen molar-refractivity contribution in [3.8, 4) is 0 Å². The van der Waals surface area contributed by atoms with Crippen molar-refractivity contribution in [2.75, 3.05) is 39.6 Å². The molecule has 19 heteroatoms. The SMILES string of the molecule is CCCCCCCCCCCC(=O)OC[C@H](COP(=O)(O)OC[C@@H](O)COP(=O)(O)OC[C@@H](COC(=O)CCCCCCCCC)OC(=O)CCCCCCCCC)OC(=O)CCCCCCCCCCCC(C)C. The lowest BCUT2D eigenvalue weighted by Crippen LogP contribution is -2.30. The maximum absolute atomic E-state index is 12.9. The van der Waals surface area contributed by atoms with Crippen LogP contribution in [-0.2, 0) is 65.4 Å². The lowest BCUT2D eigenvalue weighted by molar-refractivity contribution is -0.161. The van der Waals surface area contributed by atoms with Crippen molar-refractivity contribution in [2.45, 2.75) is 291 Å². The molecule has 0 radical (unpaired) electrons. The minimum atomic E-state index is -4.93. The quantitative estimate of drug-likeness (QED) is 0.0222. The summed E-state index contributed by atoms with van der Waals surface area (Å²) in [5, 5.41) is 10.5. The second-order valence-corrected chi connectivity index (χ2v) is 23.7. The first kappa shape index (κ1) is 73.1. The van der Waals surface area contributed by atoms with E-state index in [9.17, 15) is 43.2 Å². The van der Waals surface area contributed by atoms with E-state index >= 15 is 0 Å². The number of hydrogen-bond donors (Lipinski definition) is 3. The molecule has 0 aliphatic rings. The molecule has 0 spiro atoms. The van der Waals surface area contributed by atoms with Gasteiger partial charge in [0.15, 0.2) is 12.2 Å². The van der Waals surface area contributed by atoms with Crippen molar-refractivity contribution in [1.29, 1.82) is 0 Å². The van der Waals surface area contributed by atoms with Crippen LogP contribution < -0.4 is 0 Å². The summed E-state index contributed by atoms with van der Waals surface area (Å²) in [5.74, 6) is -1.42. The largest absolute Gasteiger partial charge is 0.472 e. The van der Waals surface area contributed by atoms with Crippen LogP contribution in [0.4, 0.5) is 0 Å². The van der Waals surface area contributed by atoms with Crippen LogP contribution in [-0.4, -0.2) is 96.7 Å². The van der Waals surface area contributed by atoms with Gasteiger partial charge in [-0.05, 0) is 31.6 Å². The third kappa shape index (κ3) is 51.3. The third-order valence-corrected chi connectivity index (χ3v) is 14.7. The summed E-state index contributed by atoms with van der Waals surface area (Å²) in [6.07, 6.45) is 31.0. The van der Waals surface area contributed by atoms with Crippen LogP contribution in [0.2, 0.25) is 0 Å². The van der Waals surface area contributed by atoms with Gasteiger partial charge in [-0.2, -0.15) is 0 Å². The Balaban J connectivity index is 5.19. The number of phosphoric acid groups is 2. The topological polar surface area (TPSA) is 237 Å². The number of esters is 4. The minimum Gasteiger partial charge on any atom is -0.462 e. The van der Waals surface area contributed by atoms with E-state index in [0.717, 1.165) is 121 Å². The highest BCUT2D eigenvalue weighted by atomic mass is 31.2. The van der Waals surface area contributed by atoms with Crippen molar-refractivity contribution >= 4 is 39.5 Å². The van der Waals surface area contributed by atoms with Gasteiger partial charge in [0.25, 0.3) is 0 Å². The van der Waals surface area contributed by atoms with E-state index in [4.69, 9.17) is 37.0 Å². The monoisotopic (exact) mass is 1110 g/mol. The fourth-order valence-electron chi connectivity index (χ4n) is 8.17. The van der Waals surface area contributed by atoms with E-state index in [0.29, 0.717) is 25.7 Å². The summed E-state index contributed by atoms with van der Waals surface area (Å²) in [6.45, 7) is 7.01. The highest BCUT2D eigenvalue weighted by molar-refractivity contribution is 7.47. The summed E-state index contributed by atoms with van der Waals surface area (Å²) in [4.78, 5) is 71.5. The predicted molar refractivity (Wildman–Crippen MR) is 294 cm³/mol. The van der Waals surface area contributed by atoms with Crippen LogP contribution in [0.1, 0.15) is 272 Å².